The third-order valence-electron chi connectivity index (χ3n) is 5.97. The van der Waals surface area contributed by atoms with Crippen LogP contribution < -0.4 is 15.4 Å². The van der Waals surface area contributed by atoms with E-state index in [0.717, 1.165) is 5.69 Å². The molecule has 172 valence electrons. The van der Waals surface area contributed by atoms with E-state index >= 15 is 0 Å². The van der Waals surface area contributed by atoms with Crippen LogP contribution in [0.3, 0.4) is 0 Å². The predicted molar refractivity (Wildman–Crippen MR) is 123 cm³/mol. The number of piperidine rings is 1. The van der Waals surface area contributed by atoms with Gasteiger partial charge in [-0.05, 0) is 30.7 Å². The van der Waals surface area contributed by atoms with Crippen molar-refractivity contribution >= 4 is 22.2 Å². The summed E-state index contributed by atoms with van der Waals surface area (Å²) in [6.45, 7) is 1.62. The van der Waals surface area contributed by atoms with E-state index in [1.807, 2.05) is 39.8 Å². The molecule has 0 spiro atoms. The third kappa shape index (κ3) is 4.21. The quantitative estimate of drug-likeness (QED) is 0.450. The summed E-state index contributed by atoms with van der Waals surface area (Å²) in [5.74, 6) is 0.318. The number of nitrogens with two attached hydrogens (primary N) is 1. The molecule has 33 heavy (non-hydrogen) atoms. The zero-order valence-electron chi connectivity index (χ0n) is 18.2. The Morgan fingerprint density at radius 1 is 1.18 bits per heavy atom. The molecular formula is C24H25F2N5O2. The number of pyridine rings is 2. The van der Waals surface area contributed by atoms with Crippen molar-refractivity contribution in [1.82, 2.24) is 14.4 Å². The smallest absolute Gasteiger partial charge is 0.140 e. The molecule has 1 fully saturated rings. The van der Waals surface area contributed by atoms with E-state index in [1.54, 1.807) is 13.3 Å². The summed E-state index contributed by atoms with van der Waals surface area (Å²) >= 11 is 0. The van der Waals surface area contributed by atoms with Gasteiger partial charge >= 0.3 is 0 Å². The molecule has 4 aromatic rings. The van der Waals surface area contributed by atoms with Gasteiger partial charge in [0.25, 0.3) is 0 Å². The van der Waals surface area contributed by atoms with Crippen LogP contribution in [0.1, 0.15) is 6.42 Å². The maximum Gasteiger partial charge on any atom is 0.140 e. The molecule has 0 radical (unpaired) electrons. The molecular weight excluding hydrogens is 428 g/mol. The fourth-order valence-corrected chi connectivity index (χ4v) is 4.19. The number of fused-ring (bicyclic) bond motifs is 2. The van der Waals surface area contributed by atoms with Crippen LogP contribution >= 0.6 is 0 Å². The highest BCUT2D eigenvalue weighted by Gasteiger charge is 2.28. The van der Waals surface area contributed by atoms with E-state index in [4.69, 9.17) is 20.2 Å². The highest BCUT2D eigenvalue weighted by molar-refractivity contribution is 5.92. The molecule has 1 saturated heterocycles. The Balaban J connectivity index is 1.53. The summed E-state index contributed by atoms with van der Waals surface area (Å²) in [7, 11) is 1.62. The fraction of sp³-hybridized carbons (Fsp3) is 0.333. The second kappa shape index (κ2) is 8.92. The second-order valence-electron chi connectivity index (χ2n) is 8.18. The molecule has 2 atom stereocenters. The summed E-state index contributed by atoms with van der Waals surface area (Å²) in [6, 6.07) is 9.73. The first kappa shape index (κ1) is 21.5. The number of ether oxygens (including phenoxy) is 2. The first-order chi connectivity index (χ1) is 16.0. The van der Waals surface area contributed by atoms with E-state index in [0.29, 0.717) is 59.9 Å². The third-order valence-corrected chi connectivity index (χ3v) is 5.97. The van der Waals surface area contributed by atoms with Gasteiger partial charge in [-0.2, -0.15) is 0 Å². The lowest BCUT2D eigenvalue weighted by molar-refractivity contribution is 0.146. The Kier molecular flexibility index (Phi) is 5.82. The van der Waals surface area contributed by atoms with Crippen LogP contribution in [0.25, 0.3) is 27.9 Å². The van der Waals surface area contributed by atoms with Crippen LogP contribution in [0.15, 0.2) is 48.8 Å². The first-order valence-electron chi connectivity index (χ1n) is 10.9. The number of aromatic nitrogens is 3. The summed E-state index contributed by atoms with van der Waals surface area (Å²) in [4.78, 5) is 11.2. The van der Waals surface area contributed by atoms with Crippen LogP contribution in [0, 0.1) is 5.82 Å². The van der Waals surface area contributed by atoms with Crippen molar-refractivity contribution in [3.63, 3.8) is 0 Å². The van der Waals surface area contributed by atoms with Gasteiger partial charge in [-0.25, -0.2) is 18.7 Å². The highest BCUT2D eigenvalue weighted by atomic mass is 19.1. The standard InChI is InChI=1S/C24H25F2N5O2/c1-32-8-9-33-17-4-7-31-22(13-28-23(31)12-17)20-3-2-15-10-16(25)11-21(24(15)29-20)30-6-5-19(27)18(26)14-30/h2-4,7,10-13,18-19H,5-6,8-9,14,27H2,1H3. The van der Waals surface area contributed by atoms with Crippen LogP contribution in [0.4, 0.5) is 14.5 Å². The Bertz CT molecular complexity index is 1290. The number of imidazole rings is 1. The molecule has 1 aromatic carbocycles. The van der Waals surface area contributed by atoms with Gasteiger partial charge in [-0.1, -0.05) is 6.07 Å². The number of alkyl halides is 1. The number of methoxy groups -OCH3 is 1. The number of nitrogens with zero attached hydrogens (tertiary/aromatic N) is 4. The number of halogens is 2. The normalized spacial score (nSPS) is 18.8. The molecule has 4 heterocycles. The average molecular weight is 453 g/mol. The lowest BCUT2D eigenvalue weighted by Gasteiger charge is -2.34. The first-order valence-corrected chi connectivity index (χ1v) is 10.9. The van der Waals surface area contributed by atoms with Gasteiger partial charge < -0.3 is 20.1 Å². The van der Waals surface area contributed by atoms with Gasteiger partial charge in [0.1, 0.15) is 30.0 Å². The van der Waals surface area contributed by atoms with Crippen molar-refractivity contribution in [1.29, 1.82) is 0 Å². The molecule has 1 aliphatic heterocycles. The maximum atomic E-state index is 14.4. The molecule has 9 heteroatoms. The minimum atomic E-state index is -1.17. The number of hydrogen-bond acceptors (Lipinski definition) is 6. The van der Waals surface area contributed by atoms with E-state index in [2.05, 4.69) is 4.98 Å². The van der Waals surface area contributed by atoms with Gasteiger partial charge in [0, 0.05) is 37.3 Å². The largest absolute Gasteiger partial charge is 0.491 e. The summed E-state index contributed by atoms with van der Waals surface area (Å²) in [5.41, 5.74) is 9.20. The van der Waals surface area contributed by atoms with Gasteiger partial charge in [-0.15, -0.1) is 0 Å². The minimum Gasteiger partial charge on any atom is -0.491 e. The van der Waals surface area contributed by atoms with Crippen molar-refractivity contribution in [2.45, 2.75) is 18.6 Å². The average Bonchev–Trinajstić information content (AvgIpc) is 3.23. The fourth-order valence-electron chi connectivity index (χ4n) is 4.19. The molecule has 3 aromatic heterocycles. The molecule has 0 amide bonds. The second-order valence-corrected chi connectivity index (χ2v) is 8.18. The number of anilines is 1. The highest BCUT2D eigenvalue weighted by Crippen LogP contribution is 2.32. The van der Waals surface area contributed by atoms with Gasteiger partial charge in [0.15, 0.2) is 0 Å². The van der Waals surface area contributed by atoms with Crippen LogP contribution in [-0.4, -0.2) is 60.0 Å². The molecule has 0 saturated carbocycles. The molecule has 7 nitrogen and oxygen atoms in total. The molecule has 1 aliphatic rings. The Morgan fingerprint density at radius 2 is 2.06 bits per heavy atom. The van der Waals surface area contributed by atoms with Crippen LogP contribution in [0.2, 0.25) is 0 Å². The van der Waals surface area contributed by atoms with E-state index in [1.165, 1.54) is 12.1 Å². The Labute approximate surface area is 189 Å². The Morgan fingerprint density at radius 3 is 2.88 bits per heavy atom. The van der Waals surface area contributed by atoms with E-state index in [-0.39, 0.29) is 12.4 Å². The topological polar surface area (TPSA) is 77.9 Å². The van der Waals surface area contributed by atoms with E-state index in [9.17, 15) is 8.78 Å². The number of hydrogen-bond donors (Lipinski definition) is 1. The lowest BCUT2D eigenvalue weighted by atomic mass is 10.0. The van der Waals surface area contributed by atoms with Crippen molar-refractivity contribution < 1.29 is 18.3 Å². The number of benzene rings is 1. The van der Waals surface area contributed by atoms with Gasteiger partial charge in [-0.3, -0.25) is 4.40 Å². The summed E-state index contributed by atoms with van der Waals surface area (Å²) in [5, 5.41) is 0.654. The predicted octanol–water partition coefficient (Wildman–Crippen LogP) is 3.59. The van der Waals surface area contributed by atoms with Gasteiger partial charge in [0.05, 0.1) is 41.9 Å². The number of rotatable bonds is 6. The van der Waals surface area contributed by atoms with Crippen LogP contribution in [-0.2, 0) is 4.74 Å². The zero-order valence-corrected chi connectivity index (χ0v) is 18.2. The molecule has 2 N–H and O–H groups in total. The minimum absolute atomic E-state index is 0.118. The van der Waals surface area contributed by atoms with Gasteiger partial charge in [0.2, 0.25) is 0 Å². The zero-order chi connectivity index (χ0) is 22.9. The lowest BCUT2D eigenvalue weighted by Crippen LogP contribution is -2.48. The van der Waals surface area contributed by atoms with E-state index < -0.39 is 12.2 Å². The van der Waals surface area contributed by atoms with Crippen molar-refractivity contribution in [3.8, 4) is 17.1 Å². The molecule has 0 bridgehead atoms. The van der Waals surface area contributed by atoms with Crippen molar-refractivity contribution in [2.75, 3.05) is 38.3 Å². The molecule has 2 unspecified atom stereocenters. The maximum absolute atomic E-state index is 14.4. The molecule has 5 rings (SSSR count). The monoisotopic (exact) mass is 453 g/mol. The SMILES string of the molecule is COCCOc1ccn2c(-c3ccc4cc(F)cc(N5CCC(N)C(F)C5)c4n3)cnc2c1. The molecule has 0 aliphatic carbocycles. The van der Waals surface area contributed by atoms with Crippen molar-refractivity contribution in [3.05, 3.63) is 54.6 Å². The van der Waals surface area contributed by atoms with Crippen LogP contribution in [0.5, 0.6) is 5.75 Å². The summed E-state index contributed by atoms with van der Waals surface area (Å²) in [6.07, 6.45) is 2.94. The van der Waals surface area contributed by atoms with Crippen molar-refractivity contribution in [2.24, 2.45) is 5.73 Å². The Hall–Kier alpha value is -3.30. The summed E-state index contributed by atoms with van der Waals surface area (Å²) < 4.78 is 41.3.